The first-order chi connectivity index (χ1) is 10.7. The Hall–Kier alpha value is -1.96. The van der Waals surface area contributed by atoms with Gasteiger partial charge >= 0.3 is 0 Å². The fourth-order valence-electron chi connectivity index (χ4n) is 3.25. The van der Waals surface area contributed by atoms with Gasteiger partial charge in [-0.25, -0.2) is 0 Å². The normalized spacial score (nSPS) is 13.5. The van der Waals surface area contributed by atoms with Gasteiger partial charge in [-0.05, 0) is 60.1 Å². The summed E-state index contributed by atoms with van der Waals surface area (Å²) >= 11 is 0. The van der Waals surface area contributed by atoms with Crippen molar-refractivity contribution < 1.29 is 9.47 Å². The topological polar surface area (TPSA) is 18.5 Å². The molecule has 2 rings (SSSR count). The molecule has 0 N–H and O–H groups in total. The van der Waals surface area contributed by atoms with Crippen LogP contribution in [0.4, 0.5) is 0 Å². The fraction of sp³-hybridized carbons (Fsp3) is 0.400. The second-order valence-corrected chi connectivity index (χ2v) is 5.58. The van der Waals surface area contributed by atoms with Gasteiger partial charge in [0.05, 0.1) is 14.2 Å². The molecule has 0 bridgehead atoms. The predicted molar refractivity (Wildman–Crippen MR) is 92.1 cm³/mol. The first-order valence-corrected chi connectivity index (χ1v) is 8.01. The maximum atomic E-state index is 5.39. The van der Waals surface area contributed by atoms with E-state index in [-0.39, 0.29) is 0 Å². The molecule has 0 saturated carbocycles. The Morgan fingerprint density at radius 1 is 0.727 bits per heavy atom. The molecule has 2 heteroatoms. The molecule has 2 nitrogen and oxygen atoms in total. The molecular formula is C20H26O2. The monoisotopic (exact) mass is 298 g/mol. The molecule has 0 aromatic heterocycles. The van der Waals surface area contributed by atoms with Gasteiger partial charge in [-0.3, -0.25) is 0 Å². The van der Waals surface area contributed by atoms with Crippen LogP contribution in [0.2, 0.25) is 0 Å². The minimum absolute atomic E-state index is 0.479. The van der Waals surface area contributed by atoms with E-state index in [1.807, 2.05) is 12.1 Å². The number of hydrogen-bond donors (Lipinski definition) is 0. The Labute approximate surface area is 134 Å². The summed E-state index contributed by atoms with van der Waals surface area (Å²) in [5.74, 6) is 2.81. The van der Waals surface area contributed by atoms with Crippen molar-refractivity contribution in [3.05, 3.63) is 59.7 Å². The van der Waals surface area contributed by atoms with Crippen molar-refractivity contribution in [3.8, 4) is 11.5 Å². The van der Waals surface area contributed by atoms with Gasteiger partial charge in [0.25, 0.3) is 0 Å². The molecule has 0 aliphatic heterocycles. The van der Waals surface area contributed by atoms with Gasteiger partial charge in [0, 0.05) is 0 Å². The second-order valence-electron chi connectivity index (χ2n) is 5.58. The van der Waals surface area contributed by atoms with Gasteiger partial charge in [-0.15, -0.1) is 0 Å². The highest BCUT2D eigenvalue weighted by molar-refractivity contribution is 5.36. The Kier molecular flexibility index (Phi) is 5.88. The highest BCUT2D eigenvalue weighted by Crippen LogP contribution is 2.39. The van der Waals surface area contributed by atoms with Gasteiger partial charge < -0.3 is 9.47 Å². The standard InChI is InChI=1S/C20H26O2/c1-5-19(15-9-7-11-17(13-15)21-3)20(6-2)16-10-8-12-18(14-16)22-4/h7-14,19-20H,5-6H2,1-4H3/t19-,20+. The van der Waals surface area contributed by atoms with Gasteiger partial charge in [0.2, 0.25) is 0 Å². The van der Waals surface area contributed by atoms with Crippen LogP contribution in [0.3, 0.4) is 0 Å². The molecule has 2 aromatic rings. The summed E-state index contributed by atoms with van der Waals surface area (Å²) in [6.07, 6.45) is 2.20. The van der Waals surface area contributed by atoms with Gasteiger partial charge in [0.1, 0.15) is 11.5 Å². The van der Waals surface area contributed by atoms with Crippen LogP contribution >= 0.6 is 0 Å². The Bertz CT molecular complexity index is 538. The van der Waals surface area contributed by atoms with Crippen molar-refractivity contribution in [3.63, 3.8) is 0 Å². The molecular weight excluding hydrogens is 272 g/mol. The van der Waals surface area contributed by atoms with Crippen molar-refractivity contribution in [2.24, 2.45) is 0 Å². The molecule has 0 heterocycles. The van der Waals surface area contributed by atoms with Gasteiger partial charge in [-0.1, -0.05) is 38.1 Å². The number of ether oxygens (including phenoxy) is 2. The third-order valence-corrected chi connectivity index (χ3v) is 4.41. The molecule has 0 aliphatic carbocycles. The largest absolute Gasteiger partial charge is 0.497 e. The van der Waals surface area contributed by atoms with Crippen molar-refractivity contribution in [2.45, 2.75) is 38.5 Å². The van der Waals surface area contributed by atoms with E-state index >= 15 is 0 Å². The number of methoxy groups -OCH3 is 2. The van der Waals surface area contributed by atoms with Crippen LogP contribution in [0.15, 0.2) is 48.5 Å². The van der Waals surface area contributed by atoms with Crippen LogP contribution in [0.25, 0.3) is 0 Å². The first-order valence-electron chi connectivity index (χ1n) is 8.01. The van der Waals surface area contributed by atoms with E-state index in [4.69, 9.17) is 9.47 Å². The summed E-state index contributed by atoms with van der Waals surface area (Å²) in [6.45, 7) is 4.51. The average molecular weight is 298 g/mol. The van der Waals surface area contributed by atoms with Crippen LogP contribution in [0.1, 0.15) is 49.7 Å². The lowest BCUT2D eigenvalue weighted by molar-refractivity contribution is 0.410. The van der Waals surface area contributed by atoms with Crippen molar-refractivity contribution in [1.29, 1.82) is 0 Å². The molecule has 0 spiro atoms. The van der Waals surface area contributed by atoms with E-state index in [0.717, 1.165) is 24.3 Å². The van der Waals surface area contributed by atoms with Crippen LogP contribution in [-0.4, -0.2) is 14.2 Å². The van der Waals surface area contributed by atoms with Crippen molar-refractivity contribution in [1.82, 2.24) is 0 Å². The molecule has 0 fully saturated rings. The zero-order valence-electron chi connectivity index (χ0n) is 14.0. The molecule has 0 unspecified atom stereocenters. The van der Waals surface area contributed by atoms with Crippen LogP contribution in [0.5, 0.6) is 11.5 Å². The van der Waals surface area contributed by atoms with Crippen molar-refractivity contribution >= 4 is 0 Å². The summed E-state index contributed by atoms with van der Waals surface area (Å²) in [5.41, 5.74) is 2.69. The molecule has 118 valence electrons. The summed E-state index contributed by atoms with van der Waals surface area (Å²) < 4.78 is 10.8. The minimum atomic E-state index is 0.479. The van der Waals surface area contributed by atoms with Crippen molar-refractivity contribution in [2.75, 3.05) is 14.2 Å². The van der Waals surface area contributed by atoms with Crippen LogP contribution in [-0.2, 0) is 0 Å². The smallest absolute Gasteiger partial charge is 0.119 e. The minimum Gasteiger partial charge on any atom is -0.497 e. The molecule has 2 atom stereocenters. The zero-order chi connectivity index (χ0) is 15.9. The second kappa shape index (κ2) is 7.88. The Balaban J connectivity index is 2.37. The molecule has 0 amide bonds. The number of hydrogen-bond acceptors (Lipinski definition) is 2. The summed E-state index contributed by atoms with van der Waals surface area (Å²) in [5, 5.41) is 0. The van der Waals surface area contributed by atoms with E-state index in [1.54, 1.807) is 14.2 Å². The molecule has 0 saturated heterocycles. The summed E-state index contributed by atoms with van der Waals surface area (Å²) in [7, 11) is 3.44. The zero-order valence-corrected chi connectivity index (χ0v) is 14.0. The van der Waals surface area contributed by atoms with Gasteiger partial charge in [-0.2, -0.15) is 0 Å². The maximum Gasteiger partial charge on any atom is 0.119 e. The lowest BCUT2D eigenvalue weighted by Gasteiger charge is -2.27. The summed E-state index contributed by atoms with van der Waals surface area (Å²) in [4.78, 5) is 0. The highest BCUT2D eigenvalue weighted by atomic mass is 16.5. The van der Waals surface area contributed by atoms with E-state index in [2.05, 4.69) is 50.2 Å². The molecule has 0 radical (unpaired) electrons. The van der Waals surface area contributed by atoms with E-state index in [1.165, 1.54) is 11.1 Å². The Morgan fingerprint density at radius 3 is 1.45 bits per heavy atom. The predicted octanol–water partition coefficient (Wildman–Crippen LogP) is 5.39. The van der Waals surface area contributed by atoms with E-state index in [0.29, 0.717) is 11.8 Å². The van der Waals surface area contributed by atoms with Crippen LogP contribution in [0, 0.1) is 0 Å². The highest BCUT2D eigenvalue weighted by Gasteiger charge is 2.22. The quantitative estimate of drug-likeness (QED) is 0.682. The third-order valence-electron chi connectivity index (χ3n) is 4.41. The Morgan fingerprint density at radius 2 is 1.14 bits per heavy atom. The SMILES string of the molecule is CC[C@H](c1cccc(OC)c1)[C@@H](CC)c1cccc(OC)c1. The van der Waals surface area contributed by atoms with Gasteiger partial charge in [0.15, 0.2) is 0 Å². The fourth-order valence-corrected chi connectivity index (χ4v) is 3.25. The molecule has 2 aromatic carbocycles. The lowest BCUT2D eigenvalue weighted by Crippen LogP contribution is -2.10. The number of benzene rings is 2. The average Bonchev–Trinajstić information content (AvgIpc) is 2.59. The van der Waals surface area contributed by atoms with E-state index < -0.39 is 0 Å². The molecule has 22 heavy (non-hydrogen) atoms. The maximum absolute atomic E-state index is 5.39. The summed E-state index contributed by atoms with van der Waals surface area (Å²) in [6, 6.07) is 16.9. The third kappa shape index (κ3) is 3.62. The molecule has 0 aliphatic rings. The van der Waals surface area contributed by atoms with E-state index in [9.17, 15) is 0 Å². The van der Waals surface area contributed by atoms with Crippen LogP contribution < -0.4 is 9.47 Å². The lowest BCUT2D eigenvalue weighted by atomic mass is 9.78. The first kappa shape index (κ1) is 16.4. The number of rotatable bonds is 7.